The van der Waals surface area contributed by atoms with E-state index in [2.05, 4.69) is 16.2 Å². The number of rotatable bonds is 5. The van der Waals surface area contributed by atoms with E-state index < -0.39 is 11.9 Å². The molecular weight excluding hydrogens is 337 g/mol. The van der Waals surface area contributed by atoms with Crippen LogP contribution in [0.1, 0.15) is 20.8 Å². The molecule has 1 atom stereocenters. The van der Waals surface area contributed by atoms with Gasteiger partial charge in [-0.3, -0.25) is 20.4 Å². The highest BCUT2D eigenvalue weighted by atomic mass is 35.5. The van der Waals surface area contributed by atoms with Gasteiger partial charge in [-0.2, -0.15) is 0 Å². The van der Waals surface area contributed by atoms with E-state index in [1.54, 1.807) is 0 Å². The SMILES string of the molecule is CC(=O)N[C@@H](C(=O)NNc1c(Cl)cc(Cl)cc1Cl)C(C)C. The second-order valence-electron chi connectivity index (χ2n) is 4.78. The summed E-state index contributed by atoms with van der Waals surface area (Å²) in [7, 11) is 0. The minimum absolute atomic E-state index is 0.0770. The van der Waals surface area contributed by atoms with Gasteiger partial charge < -0.3 is 5.32 Å². The first-order valence-corrected chi connectivity index (χ1v) is 7.33. The first-order valence-electron chi connectivity index (χ1n) is 6.20. The lowest BCUT2D eigenvalue weighted by Gasteiger charge is -2.21. The highest BCUT2D eigenvalue weighted by Crippen LogP contribution is 2.33. The molecule has 1 rings (SSSR count). The van der Waals surface area contributed by atoms with Crippen LogP contribution in [0.5, 0.6) is 0 Å². The quantitative estimate of drug-likeness (QED) is 0.712. The molecular formula is C13H16Cl3N3O2. The van der Waals surface area contributed by atoms with Gasteiger partial charge in [-0.1, -0.05) is 48.7 Å². The fourth-order valence-electron chi connectivity index (χ4n) is 1.62. The van der Waals surface area contributed by atoms with Crippen molar-refractivity contribution in [2.24, 2.45) is 5.92 Å². The summed E-state index contributed by atoms with van der Waals surface area (Å²) in [5.41, 5.74) is 5.45. The van der Waals surface area contributed by atoms with Gasteiger partial charge in [0.05, 0.1) is 15.7 Å². The summed E-state index contributed by atoms with van der Waals surface area (Å²) in [6.45, 7) is 4.99. The van der Waals surface area contributed by atoms with Gasteiger partial charge in [-0.05, 0) is 18.1 Å². The normalized spacial score (nSPS) is 12.0. The second-order valence-corrected chi connectivity index (χ2v) is 6.03. The molecule has 1 aromatic rings. The summed E-state index contributed by atoms with van der Waals surface area (Å²) in [6.07, 6.45) is 0. The minimum atomic E-state index is -0.667. The highest BCUT2D eigenvalue weighted by molar-refractivity contribution is 6.41. The van der Waals surface area contributed by atoms with Crippen LogP contribution in [0.15, 0.2) is 12.1 Å². The maximum Gasteiger partial charge on any atom is 0.261 e. The molecule has 0 fully saturated rings. The Hall–Kier alpha value is -1.17. The van der Waals surface area contributed by atoms with Crippen molar-refractivity contribution in [3.63, 3.8) is 0 Å². The lowest BCUT2D eigenvalue weighted by molar-refractivity contribution is -0.128. The highest BCUT2D eigenvalue weighted by Gasteiger charge is 2.23. The second kappa shape index (κ2) is 7.73. The summed E-state index contributed by atoms with van der Waals surface area (Å²) in [5, 5.41) is 3.51. The van der Waals surface area contributed by atoms with Crippen LogP contribution in [0.3, 0.4) is 0 Å². The lowest BCUT2D eigenvalue weighted by atomic mass is 10.0. The average molecular weight is 353 g/mol. The van der Waals surface area contributed by atoms with Crippen molar-refractivity contribution in [1.82, 2.24) is 10.7 Å². The molecule has 0 aliphatic heterocycles. The monoisotopic (exact) mass is 351 g/mol. The number of anilines is 1. The molecule has 0 aliphatic rings. The predicted octanol–water partition coefficient (Wildman–Crippen LogP) is 3.25. The van der Waals surface area contributed by atoms with Crippen LogP contribution in [0.25, 0.3) is 0 Å². The number of amides is 2. The Balaban J connectivity index is 2.78. The maximum atomic E-state index is 12.1. The minimum Gasteiger partial charge on any atom is -0.344 e. The molecule has 21 heavy (non-hydrogen) atoms. The fourth-order valence-corrected chi connectivity index (χ4v) is 2.53. The summed E-state index contributed by atoms with van der Waals surface area (Å²) >= 11 is 17.8. The van der Waals surface area contributed by atoms with E-state index in [0.717, 1.165) is 0 Å². The number of halogens is 3. The Morgan fingerprint density at radius 1 is 1.10 bits per heavy atom. The first-order chi connectivity index (χ1) is 9.72. The third-order valence-electron chi connectivity index (χ3n) is 2.63. The van der Waals surface area contributed by atoms with Gasteiger partial charge in [-0.25, -0.2) is 0 Å². The zero-order chi connectivity index (χ0) is 16.2. The van der Waals surface area contributed by atoms with Crippen LogP contribution >= 0.6 is 34.8 Å². The van der Waals surface area contributed by atoms with Gasteiger partial charge in [0, 0.05) is 11.9 Å². The van der Waals surface area contributed by atoms with Crippen LogP contribution < -0.4 is 16.2 Å². The molecule has 116 valence electrons. The largest absolute Gasteiger partial charge is 0.344 e. The van der Waals surface area contributed by atoms with Crippen molar-refractivity contribution in [2.75, 3.05) is 5.43 Å². The summed E-state index contributed by atoms with van der Waals surface area (Å²) < 4.78 is 0. The summed E-state index contributed by atoms with van der Waals surface area (Å²) in [5.74, 6) is -0.763. The van der Waals surface area contributed by atoms with Crippen LogP contribution in [0.4, 0.5) is 5.69 Å². The molecule has 2 amide bonds. The first kappa shape index (κ1) is 17.9. The Bertz CT molecular complexity index is 526. The standard InChI is InChI=1S/C13H16Cl3N3O2/c1-6(2)11(17-7(3)20)13(21)19-18-12-9(15)4-8(14)5-10(12)16/h4-6,11,18H,1-3H3,(H,17,20)(H,19,21)/t11-/m1/s1. The van der Waals surface area contributed by atoms with Crippen LogP contribution in [0.2, 0.25) is 15.1 Å². The van der Waals surface area contributed by atoms with Crippen LogP contribution in [0, 0.1) is 5.92 Å². The number of carbonyl (C=O) groups excluding carboxylic acids is 2. The number of hydrogen-bond donors (Lipinski definition) is 3. The van der Waals surface area contributed by atoms with E-state index >= 15 is 0 Å². The van der Waals surface area contributed by atoms with Gasteiger partial charge in [-0.15, -0.1) is 0 Å². The number of benzene rings is 1. The molecule has 0 heterocycles. The zero-order valence-corrected chi connectivity index (χ0v) is 14.0. The molecule has 0 saturated heterocycles. The van der Waals surface area contributed by atoms with Gasteiger partial charge in [0.25, 0.3) is 5.91 Å². The molecule has 0 radical (unpaired) electrons. The van der Waals surface area contributed by atoms with Crippen molar-refractivity contribution >= 4 is 52.3 Å². The van der Waals surface area contributed by atoms with E-state index in [1.807, 2.05) is 13.8 Å². The van der Waals surface area contributed by atoms with Gasteiger partial charge in [0.2, 0.25) is 5.91 Å². The lowest BCUT2D eigenvalue weighted by Crippen LogP contribution is -2.50. The Kier molecular flexibility index (Phi) is 6.58. The molecule has 1 aromatic carbocycles. The summed E-state index contributed by atoms with van der Waals surface area (Å²) in [6, 6.07) is 2.33. The van der Waals surface area contributed by atoms with E-state index in [1.165, 1.54) is 19.1 Å². The molecule has 5 nitrogen and oxygen atoms in total. The Morgan fingerprint density at radius 2 is 1.62 bits per heavy atom. The number of hydrogen-bond acceptors (Lipinski definition) is 3. The maximum absolute atomic E-state index is 12.1. The molecule has 0 saturated carbocycles. The average Bonchev–Trinajstić information content (AvgIpc) is 2.33. The third kappa shape index (κ3) is 5.26. The number of hydrazine groups is 1. The van der Waals surface area contributed by atoms with Gasteiger partial charge >= 0.3 is 0 Å². The zero-order valence-electron chi connectivity index (χ0n) is 11.8. The summed E-state index contributed by atoms with van der Waals surface area (Å²) in [4.78, 5) is 23.2. The molecule has 0 unspecified atom stereocenters. The molecule has 0 aromatic heterocycles. The Morgan fingerprint density at radius 3 is 2.05 bits per heavy atom. The van der Waals surface area contributed by atoms with Crippen LogP contribution in [-0.2, 0) is 9.59 Å². The van der Waals surface area contributed by atoms with Crippen molar-refractivity contribution in [1.29, 1.82) is 0 Å². The van der Waals surface area contributed by atoms with Crippen molar-refractivity contribution in [2.45, 2.75) is 26.8 Å². The van der Waals surface area contributed by atoms with Crippen LogP contribution in [-0.4, -0.2) is 17.9 Å². The molecule has 0 bridgehead atoms. The molecule has 0 spiro atoms. The van der Waals surface area contributed by atoms with Crippen molar-refractivity contribution in [3.05, 3.63) is 27.2 Å². The Labute approximate surface area is 138 Å². The van der Waals surface area contributed by atoms with E-state index in [4.69, 9.17) is 34.8 Å². The smallest absolute Gasteiger partial charge is 0.261 e. The van der Waals surface area contributed by atoms with Crippen molar-refractivity contribution < 1.29 is 9.59 Å². The van der Waals surface area contributed by atoms with E-state index in [-0.39, 0.29) is 21.9 Å². The van der Waals surface area contributed by atoms with E-state index in [9.17, 15) is 9.59 Å². The third-order valence-corrected chi connectivity index (χ3v) is 3.44. The van der Waals surface area contributed by atoms with Crippen molar-refractivity contribution in [3.8, 4) is 0 Å². The predicted molar refractivity (Wildman–Crippen MR) is 85.7 cm³/mol. The van der Waals surface area contributed by atoms with Gasteiger partial charge in [0.15, 0.2) is 0 Å². The number of nitrogens with one attached hydrogen (secondary N) is 3. The molecule has 8 heteroatoms. The number of carbonyl (C=O) groups is 2. The van der Waals surface area contributed by atoms with Gasteiger partial charge in [0.1, 0.15) is 6.04 Å². The topological polar surface area (TPSA) is 70.2 Å². The fraction of sp³-hybridized carbons (Fsp3) is 0.385. The molecule has 3 N–H and O–H groups in total. The van der Waals surface area contributed by atoms with E-state index in [0.29, 0.717) is 10.7 Å². The molecule has 0 aliphatic carbocycles.